The Kier molecular flexibility index (Phi) is 11.5. The lowest BCUT2D eigenvalue weighted by atomic mass is 9.97. The summed E-state index contributed by atoms with van der Waals surface area (Å²) >= 11 is 0. The van der Waals surface area contributed by atoms with Gasteiger partial charge in [0.15, 0.2) is 5.65 Å². The fourth-order valence-corrected chi connectivity index (χ4v) is 3.73. The van der Waals surface area contributed by atoms with Gasteiger partial charge in [-0.1, -0.05) is 25.7 Å². The summed E-state index contributed by atoms with van der Waals surface area (Å²) in [6.07, 6.45) is 7.25. The summed E-state index contributed by atoms with van der Waals surface area (Å²) in [5.74, 6) is -3.28. The van der Waals surface area contributed by atoms with Crippen LogP contribution in [0.1, 0.15) is 91.4 Å². The van der Waals surface area contributed by atoms with Crippen LogP contribution in [0, 0.1) is 6.92 Å². The zero-order valence-corrected chi connectivity index (χ0v) is 22.9. The summed E-state index contributed by atoms with van der Waals surface area (Å²) in [7, 11) is 0. The minimum atomic E-state index is -4.37. The van der Waals surface area contributed by atoms with E-state index in [9.17, 15) is 31.5 Å². The number of aryl methyl sites for hydroxylation is 1. The maximum atomic E-state index is 12.3. The van der Waals surface area contributed by atoms with E-state index in [1.54, 1.807) is 24.5 Å². The second kappa shape index (κ2) is 14.8. The molecular formula is C28H35F5N6O2. The van der Waals surface area contributed by atoms with Gasteiger partial charge >= 0.3 is 6.18 Å². The van der Waals surface area contributed by atoms with Crippen molar-refractivity contribution in [1.82, 2.24) is 30.2 Å². The fourth-order valence-electron chi connectivity index (χ4n) is 3.73. The molecule has 0 radical (unpaired) electrons. The highest BCUT2D eigenvalue weighted by Crippen LogP contribution is 2.32. The summed E-state index contributed by atoms with van der Waals surface area (Å²) in [4.78, 5) is 32.1. The van der Waals surface area contributed by atoms with Crippen LogP contribution in [-0.4, -0.2) is 43.5 Å². The molecule has 0 aliphatic heterocycles. The van der Waals surface area contributed by atoms with Crippen LogP contribution in [0.25, 0.3) is 5.65 Å². The van der Waals surface area contributed by atoms with Crippen molar-refractivity contribution in [3.05, 3.63) is 59.3 Å². The predicted molar refractivity (Wildman–Crippen MR) is 142 cm³/mol. The smallest absolute Gasteiger partial charge is 0.352 e. The molecule has 2 aliphatic rings. The molecule has 3 aromatic heterocycles. The molecule has 0 unspecified atom stereocenters. The molecule has 2 aliphatic carbocycles. The molecule has 2 saturated carbocycles. The number of carbonyl (C=O) groups is 2. The molecular weight excluding hydrogens is 547 g/mol. The molecule has 3 aromatic rings. The molecule has 0 atom stereocenters. The molecule has 2 fully saturated rings. The molecule has 224 valence electrons. The monoisotopic (exact) mass is 582 g/mol. The minimum absolute atomic E-state index is 0.0411. The maximum Gasteiger partial charge on any atom is 0.389 e. The first kappa shape index (κ1) is 31.9. The van der Waals surface area contributed by atoms with Crippen LogP contribution in [0.4, 0.5) is 22.0 Å². The number of pyridine rings is 1. The first-order chi connectivity index (χ1) is 19.4. The molecule has 3 heterocycles. The molecule has 0 spiro atoms. The highest BCUT2D eigenvalue weighted by Gasteiger charge is 2.30. The van der Waals surface area contributed by atoms with Gasteiger partial charge in [0, 0.05) is 38.2 Å². The van der Waals surface area contributed by atoms with E-state index in [0.717, 1.165) is 12.0 Å². The van der Waals surface area contributed by atoms with Crippen molar-refractivity contribution in [2.75, 3.05) is 0 Å². The first-order valence-electron chi connectivity index (χ1n) is 13.7. The van der Waals surface area contributed by atoms with Crippen molar-refractivity contribution < 1.29 is 31.5 Å². The third kappa shape index (κ3) is 12.2. The van der Waals surface area contributed by atoms with Gasteiger partial charge in [-0.25, -0.2) is 18.3 Å². The molecule has 0 aromatic carbocycles. The summed E-state index contributed by atoms with van der Waals surface area (Å²) in [5.41, 5.74) is 2.93. The van der Waals surface area contributed by atoms with Crippen LogP contribution in [0.15, 0.2) is 36.9 Å². The second-order valence-electron chi connectivity index (χ2n) is 10.1. The zero-order chi connectivity index (χ0) is 29.9. The normalized spacial score (nSPS) is 15.6. The Morgan fingerprint density at radius 2 is 1.68 bits per heavy atom. The summed E-state index contributed by atoms with van der Waals surface area (Å²) in [5, 5.41) is 9.36. The highest BCUT2D eigenvalue weighted by atomic mass is 19.4. The third-order valence-electron chi connectivity index (χ3n) is 6.20. The Labute approximate surface area is 235 Å². The van der Waals surface area contributed by atoms with Gasteiger partial charge in [0.05, 0.1) is 36.6 Å². The van der Waals surface area contributed by atoms with Crippen molar-refractivity contribution in [3.63, 3.8) is 0 Å². The molecule has 2 amide bonds. The Morgan fingerprint density at radius 3 is 2.27 bits per heavy atom. The number of nitrogens with zero attached hydrogens (tertiary/aromatic N) is 4. The van der Waals surface area contributed by atoms with E-state index in [4.69, 9.17) is 0 Å². The number of fused-ring (bicyclic) bond motifs is 1. The number of hydrogen-bond acceptors (Lipinski definition) is 5. The number of imidazole rings is 1. The number of alkyl halides is 5. The number of carbonyl (C=O) groups excluding carboxylic acids is 2. The molecule has 41 heavy (non-hydrogen) atoms. The van der Waals surface area contributed by atoms with Gasteiger partial charge in [0.1, 0.15) is 0 Å². The SMILES string of the molecule is C1CC1.Cc1ccncc1C(=O)NCc1cn2ncc(CNC(=O)CCC(F)(F)F)cc2n1.FC1(F)CCCCC1. The van der Waals surface area contributed by atoms with Crippen LogP contribution in [0.5, 0.6) is 0 Å². The van der Waals surface area contributed by atoms with Gasteiger partial charge < -0.3 is 10.6 Å². The summed E-state index contributed by atoms with van der Waals surface area (Å²) in [6, 6.07) is 3.40. The van der Waals surface area contributed by atoms with E-state index in [2.05, 4.69) is 25.7 Å². The lowest BCUT2D eigenvalue weighted by molar-refractivity contribution is -0.144. The van der Waals surface area contributed by atoms with Gasteiger partial charge in [-0.05, 0) is 43.0 Å². The number of rotatable bonds is 7. The van der Waals surface area contributed by atoms with Gasteiger partial charge in [-0.2, -0.15) is 18.3 Å². The minimum Gasteiger partial charge on any atom is -0.352 e. The van der Waals surface area contributed by atoms with Crippen LogP contribution in [-0.2, 0) is 17.9 Å². The van der Waals surface area contributed by atoms with E-state index in [0.29, 0.717) is 35.3 Å². The quantitative estimate of drug-likeness (QED) is 0.329. The predicted octanol–water partition coefficient (Wildman–Crippen LogP) is 6.08. The van der Waals surface area contributed by atoms with Gasteiger partial charge in [0.2, 0.25) is 11.8 Å². The number of aromatic nitrogens is 4. The maximum absolute atomic E-state index is 12.3. The molecule has 13 heteroatoms. The van der Waals surface area contributed by atoms with Crippen molar-refractivity contribution in [1.29, 1.82) is 0 Å². The number of hydrogen-bond donors (Lipinski definition) is 2. The molecule has 0 saturated heterocycles. The average Bonchev–Trinajstić information content (AvgIpc) is 3.75. The average molecular weight is 583 g/mol. The highest BCUT2D eigenvalue weighted by molar-refractivity contribution is 5.95. The van der Waals surface area contributed by atoms with Crippen molar-refractivity contribution in [2.45, 2.75) is 96.3 Å². The van der Waals surface area contributed by atoms with Crippen molar-refractivity contribution in [2.24, 2.45) is 0 Å². The van der Waals surface area contributed by atoms with Gasteiger partial charge in [0.25, 0.3) is 5.91 Å². The topological polar surface area (TPSA) is 101 Å². The van der Waals surface area contributed by atoms with Crippen LogP contribution < -0.4 is 10.6 Å². The van der Waals surface area contributed by atoms with Gasteiger partial charge in [-0.15, -0.1) is 0 Å². The number of halogens is 5. The largest absolute Gasteiger partial charge is 0.389 e. The number of amides is 2. The Balaban J connectivity index is 0.000000347. The van der Waals surface area contributed by atoms with E-state index in [-0.39, 0.29) is 31.8 Å². The third-order valence-corrected chi connectivity index (χ3v) is 6.20. The molecule has 0 bridgehead atoms. The van der Waals surface area contributed by atoms with Crippen LogP contribution in [0.2, 0.25) is 0 Å². The lowest BCUT2D eigenvalue weighted by Crippen LogP contribution is -2.24. The van der Waals surface area contributed by atoms with Gasteiger partial charge in [-0.3, -0.25) is 14.6 Å². The summed E-state index contributed by atoms with van der Waals surface area (Å²) < 4.78 is 62.4. The Hall–Kier alpha value is -3.64. The van der Waals surface area contributed by atoms with E-state index < -0.39 is 30.8 Å². The van der Waals surface area contributed by atoms with Crippen LogP contribution in [0.3, 0.4) is 0 Å². The molecule has 5 rings (SSSR count). The summed E-state index contributed by atoms with van der Waals surface area (Å²) in [6.45, 7) is 2.04. The number of nitrogens with one attached hydrogen (secondary N) is 2. The lowest BCUT2D eigenvalue weighted by Gasteiger charge is -2.20. The first-order valence-corrected chi connectivity index (χ1v) is 13.7. The standard InChI is InChI=1S/C19H19F3N6O2.C6H10F2.C3H6/c1-12-3-5-23-10-15(12)18(30)25-9-14-11-28-16(27-14)6-13(8-26-28)7-24-17(29)2-4-19(20,21)22;7-6(8)4-2-1-3-5-6;1-2-3-1/h3,5-6,8,10-11H,2,4,7,9H2,1H3,(H,24,29)(H,25,30);1-5H2;1-3H2. The fraction of sp³-hybridized carbons (Fsp3) is 0.536. The van der Waals surface area contributed by atoms with E-state index in [1.807, 2.05) is 6.92 Å². The van der Waals surface area contributed by atoms with E-state index >= 15 is 0 Å². The van der Waals surface area contributed by atoms with E-state index in [1.165, 1.54) is 36.2 Å². The molecule has 8 nitrogen and oxygen atoms in total. The Morgan fingerprint density at radius 1 is 1.00 bits per heavy atom. The second-order valence-corrected chi connectivity index (χ2v) is 10.1. The Bertz CT molecular complexity index is 1280. The zero-order valence-electron chi connectivity index (χ0n) is 22.9. The van der Waals surface area contributed by atoms with Crippen LogP contribution >= 0.6 is 0 Å². The van der Waals surface area contributed by atoms with Crippen molar-refractivity contribution >= 4 is 17.5 Å². The van der Waals surface area contributed by atoms with Crippen molar-refractivity contribution in [3.8, 4) is 0 Å². The molecule has 2 N–H and O–H groups in total.